The van der Waals surface area contributed by atoms with Gasteiger partial charge in [-0.3, -0.25) is 5.32 Å². The van der Waals surface area contributed by atoms with Gasteiger partial charge in [-0.05, 0) is 54.8 Å². The first-order chi connectivity index (χ1) is 17.6. The van der Waals surface area contributed by atoms with Gasteiger partial charge in [-0.25, -0.2) is 9.59 Å². The number of amides is 1. The summed E-state index contributed by atoms with van der Waals surface area (Å²) in [6.45, 7) is 5.14. The molecule has 1 unspecified atom stereocenters. The molecule has 0 heterocycles. The van der Waals surface area contributed by atoms with Crippen LogP contribution in [-0.4, -0.2) is 38.0 Å². The van der Waals surface area contributed by atoms with E-state index in [2.05, 4.69) is 5.32 Å². The van der Waals surface area contributed by atoms with Crippen LogP contribution in [0.1, 0.15) is 30.5 Å². The first-order valence-corrected chi connectivity index (χ1v) is 12.1. The fourth-order valence-corrected chi connectivity index (χ4v) is 3.50. The largest absolute Gasteiger partial charge is 0.493 e. The monoisotopic (exact) mass is 491 g/mol. The minimum absolute atomic E-state index is 0.224. The molecule has 7 heteroatoms. The maximum atomic E-state index is 12.0. The van der Waals surface area contributed by atoms with E-state index in [9.17, 15) is 9.59 Å². The van der Waals surface area contributed by atoms with Gasteiger partial charge in [0.1, 0.15) is 12.4 Å². The summed E-state index contributed by atoms with van der Waals surface area (Å²) < 4.78 is 21.7. The van der Waals surface area contributed by atoms with Crippen LogP contribution >= 0.6 is 0 Å². The molecule has 0 fully saturated rings. The Labute approximate surface area is 212 Å². The van der Waals surface area contributed by atoms with Crippen LogP contribution in [0.4, 0.5) is 10.5 Å². The zero-order valence-corrected chi connectivity index (χ0v) is 20.8. The summed E-state index contributed by atoms with van der Waals surface area (Å²) in [5.74, 6) is 0.410. The molecule has 0 radical (unpaired) electrons. The molecule has 3 rings (SSSR count). The molecule has 3 aromatic rings. The Morgan fingerprint density at radius 3 is 2.14 bits per heavy atom. The Morgan fingerprint density at radius 2 is 1.47 bits per heavy atom. The Balaban J connectivity index is 1.40. The standard InChI is InChI=1S/C29H33NO6/c1-3-33-27(28(31)34-4-2)20-23-12-16-26(17-13-23)35-19-18-22-10-14-25(15-11-22)30-29(32)36-21-24-8-6-5-7-9-24/h5-17,27H,3-4,18-21H2,1-2H3,(H,30,32). The summed E-state index contributed by atoms with van der Waals surface area (Å²) in [7, 11) is 0. The molecule has 0 aliphatic carbocycles. The predicted molar refractivity (Wildman–Crippen MR) is 138 cm³/mol. The van der Waals surface area contributed by atoms with Crippen molar-refractivity contribution in [2.75, 3.05) is 25.1 Å². The van der Waals surface area contributed by atoms with Gasteiger partial charge in [0.05, 0.1) is 13.2 Å². The van der Waals surface area contributed by atoms with Crippen LogP contribution in [0.5, 0.6) is 5.75 Å². The Hall–Kier alpha value is -3.84. The molecule has 0 saturated carbocycles. The lowest BCUT2D eigenvalue weighted by atomic mass is 10.1. The number of hydrogen-bond acceptors (Lipinski definition) is 6. The van der Waals surface area contributed by atoms with Gasteiger partial charge < -0.3 is 18.9 Å². The van der Waals surface area contributed by atoms with Gasteiger partial charge in [0, 0.05) is 25.1 Å². The second-order valence-corrected chi connectivity index (χ2v) is 8.03. The van der Waals surface area contributed by atoms with Gasteiger partial charge in [-0.1, -0.05) is 54.6 Å². The molecule has 0 saturated heterocycles. The van der Waals surface area contributed by atoms with Crippen molar-refractivity contribution in [3.05, 3.63) is 95.6 Å². The molecule has 1 amide bonds. The molecule has 190 valence electrons. The average Bonchev–Trinajstić information content (AvgIpc) is 2.90. The van der Waals surface area contributed by atoms with Gasteiger partial charge in [0.25, 0.3) is 0 Å². The lowest BCUT2D eigenvalue weighted by molar-refractivity contribution is -0.156. The molecule has 36 heavy (non-hydrogen) atoms. The Bertz CT molecular complexity index is 1070. The van der Waals surface area contributed by atoms with E-state index in [-0.39, 0.29) is 12.6 Å². The van der Waals surface area contributed by atoms with E-state index in [0.717, 1.165) is 28.9 Å². The molecule has 0 aliphatic heterocycles. The van der Waals surface area contributed by atoms with Crippen LogP contribution in [-0.2, 0) is 38.5 Å². The zero-order chi connectivity index (χ0) is 25.6. The van der Waals surface area contributed by atoms with Gasteiger partial charge >= 0.3 is 12.1 Å². The molecule has 7 nitrogen and oxygen atoms in total. The quantitative estimate of drug-likeness (QED) is 0.315. The van der Waals surface area contributed by atoms with Crippen LogP contribution in [0.25, 0.3) is 0 Å². The summed E-state index contributed by atoms with van der Waals surface area (Å²) in [6.07, 6.45) is 0.0706. The zero-order valence-electron chi connectivity index (χ0n) is 20.8. The molecule has 0 aromatic heterocycles. The highest BCUT2D eigenvalue weighted by Crippen LogP contribution is 2.16. The number of esters is 1. The second kappa shape index (κ2) is 14.5. The smallest absolute Gasteiger partial charge is 0.411 e. The van der Waals surface area contributed by atoms with Crippen LogP contribution in [0, 0.1) is 0 Å². The number of ether oxygens (including phenoxy) is 4. The third kappa shape index (κ3) is 9.07. The summed E-state index contributed by atoms with van der Waals surface area (Å²) in [5, 5.41) is 2.73. The van der Waals surface area contributed by atoms with E-state index < -0.39 is 12.2 Å². The lowest BCUT2D eigenvalue weighted by Crippen LogP contribution is -2.28. The number of hydrogen-bond donors (Lipinski definition) is 1. The van der Waals surface area contributed by atoms with Crippen molar-refractivity contribution in [1.82, 2.24) is 0 Å². The fourth-order valence-electron chi connectivity index (χ4n) is 3.50. The molecule has 0 spiro atoms. The van der Waals surface area contributed by atoms with Crippen molar-refractivity contribution in [2.45, 2.75) is 39.4 Å². The van der Waals surface area contributed by atoms with Crippen molar-refractivity contribution in [3.8, 4) is 5.75 Å². The summed E-state index contributed by atoms with van der Waals surface area (Å²) in [4.78, 5) is 24.0. The number of benzene rings is 3. The van der Waals surface area contributed by atoms with E-state index in [4.69, 9.17) is 18.9 Å². The number of nitrogens with one attached hydrogen (secondary N) is 1. The van der Waals surface area contributed by atoms with E-state index in [1.54, 1.807) is 6.92 Å². The van der Waals surface area contributed by atoms with E-state index >= 15 is 0 Å². The minimum atomic E-state index is -0.607. The van der Waals surface area contributed by atoms with Crippen molar-refractivity contribution in [1.29, 1.82) is 0 Å². The molecular weight excluding hydrogens is 458 g/mol. The molecule has 0 aliphatic rings. The lowest BCUT2D eigenvalue weighted by Gasteiger charge is -2.15. The average molecular weight is 492 g/mol. The van der Waals surface area contributed by atoms with Crippen molar-refractivity contribution in [3.63, 3.8) is 0 Å². The van der Waals surface area contributed by atoms with Crippen LogP contribution < -0.4 is 10.1 Å². The third-order valence-electron chi connectivity index (χ3n) is 5.33. The van der Waals surface area contributed by atoms with E-state index in [0.29, 0.717) is 31.9 Å². The second-order valence-electron chi connectivity index (χ2n) is 8.03. The van der Waals surface area contributed by atoms with Crippen molar-refractivity contribution < 1.29 is 28.5 Å². The number of anilines is 1. The Morgan fingerprint density at radius 1 is 0.778 bits per heavy atom. The molecule has 0 bridgehead atoms. The number of carbonyl (C=O) groups is 2. The summed E-state index contributed by atoms with van der Waals surface area (Å²) in [5.41, 5.74) is 3.66. The van der Waals surface area contributed by atoms with Crippen molar-refractivity contribution in [2.24, 2.45) is 0 Å². The first kappa shape index (κ1) is 26.8. The summed E-state index contributed by atoms with van der Waals surface area (Å²) in [6, 6.07) is 24.7. The normalized spacial score (nSPS) is 11.4. The highest BCUT2D eigenvalue weighted by molar-refractivity contribution is 5.84. The predicted octanol–water partition coefficient (Wildman–Crippen LogP) is 5.57. The third-order valence-corrected chi connectivity index (χ3v) is 5.33. The first-order valence-electron chi connectivity index (χ1n) is 12.1. The van der Waals surface area contributed by atoms with Crippen LogP contribution in [0.3, 0.4) is 0 Å². The van der Waals surface area contributed by atoms with Gasteiger partial charge in [-0.2, -0.15) is 0 Å². The topological polar surface area (TPSA) is 83.1 Å². The van der Waals surface area contributed by atoms with Gasteiger partial charge in [-0.15, -0.1) is 0 Å². The van der Waals surface area contributed by atoms with Crippen molar-refractivity contribution >= 4 is 17.7 Å². The number of rotatable bonds is 13. The van der Waals surface area contributed by atoms with Crippen LogP contribution in [0.15, 0.2) is 78.9 Å². The molecule has 1 atom stereocenters. The van der Waals surface area contributed by atoms with E-state index in [1.165, 1.54) is 0 Å². The number of carbonyl (C=O) groups excluding carboxylic acids is 2. The molecule has 3 aromatic carbocycles. The highest BCUT2D eigenvalue weighted by atomic mass is 16.6. The fraction of sp³-hybridized carbons (Fsp3) is 0.310. The molecule has 1 N–H and O–H groups in total. The minimum Gasteiger partial charge on any atom is -0.493 e. The summed E-state index contributed by atoms with van der Waals surface area (Å²) >= 11 is 0. The maximum absolute atomic E-state index is 12.0. The Kier molecular flexibility index (Phi) is 10.8. The van der Waals surface area contributed by atoms with Gasteiger partial charge in [0.15, 0.2) is 6.10 Å². The maximum Gasteiger partial charge on any atom is 0.411 e. The van der Waals surface area contributed by atoms with Crippen LogP contribution in [0.2, 0.25) is 0 Å². The SMILES string of the molecule is CCOC(=O)C(Cc1ccc(OCCc2ccc(NC(=O)OCc3ccccc3)cc2)cc1)OCC. The van der Waals surface area contributed by atoms with Gasteiger partial charge in [0.2, 0.25) is 0 Å². The molecular formula is C29H33NO6. The highest BCUT2D eigenvalue weighted by Gasteiger charge is 2.20. The van der Waals surface area contributed by atoms with E-state index in [1.807, 2.05) is 85.8 Å².